The van der Waals surface area contributed by atoms with Gasteiger partial charge in [0.1, 0.15) is 16.0 Å². The Morgan fingerprint density at radius 3 is 2.85 bits per heavy atom. The summed E-state index contributed by atoms with van der Waals surface area (Å²) >= 11 is 1.38. The zero-order valence-electron chi connectivity index (χ0n) is 10.9. The van der Waals surface area contributed by atoms with Crippen molar-refractivity contribution in [2.45, 2.75) is 24.8 Å². The summed E-state index contributed by atoms with van der Waals surface area (Å²) in [4.78, 5) is 7.87. The van der Waals surface area contributed by atoms with Gasteiger partial charge in [0.05, 0.1) is 6.04 Å². The monoisotopic (exact) mass is 308 g/mol. The molecule has 8 heteroatoms. The molecule has 0 aliphatic carbocycles. The Hall–Kier alpha value is -1.82. The van der Waals surface area contributed by atoms with Crippen LogP contribution in [0.15, 0.2) is 28.6 Å². The van der Waals surface area contributed by atoms with Crippen LogP contribution in [-0.2, 0) is 10.0 Å². The molecular formula is C12H12N4O2S2. The molecule has 0 saturated heterocycles. The minimum Gasteiger partial charge on any atom is -0.245 e. The molecule has 0 saturated carbocycles. The Kier molecular flexibility index (Phi) is 4.13. The number of aryl methyl sites for hydroxylation is 1. The van der Waals surface area contributed by atoms with E-state index in [4.69, 9.17) is 5.26 Å². The second-order valence-corrected chi connectivity index (χ2v) is 6.70. The lowest BCUT2D eigenvalue weighted by Crippen LogP contribution is -2.27. The summed E-state index contributed by atoms with van der Waals surface area (Å²) in [5, 5.41) is 11.4. The average Bonchev–Trinajstić information content (AvgIpc) is 2.85. The number of pyridine rings is 1. The molecule has 2 aromatic heterocycles. The second-order valence-electron chi connectivity index (χ2n) is 4.13. The van der Waals surface area contributed by atoms with Gasteiger partial charge < -0.3 is 0 Å². The van der Waals surface area contributed by atoms with Crippen molar-refractivity contribution < 1.29 is 8.42 Å². The third-order valence-electron chi connectivity index (χ3n) is 2.51. The summed E-state index contributed by atoms with van der Waals surface area (Å²) < 4.78 is 27.1. The number of thiazole rings is 1. The zero-order valence-corrected chi connectivity index (χ0v) is 12.5. The second kappa shape index (κ2) is 5.66. The van der Waals surface area contributed by atoms with Crippen LogP contribution in [0.25, 0.3) is 0 Å². The van der Waals surface area contributed by atoms with Crippen molar-refractivity contribution in [3.05, 3.63) is 40.1 Å². The molecule has 20 heavy (non-hydrogen) atoms. The number of sulfonamides is 1. The highest BCUT2D eigenvalue weighted by molar-refractivity contribution is 7.89. The lowest BCUT2D eigenvalue weighted by atomic mass is 10.4. The Morgan fingerprint density at radius 2 is 2.25 bits per heavy atom. The molecule has 0 aromatic carbocycles. The highest BCUT2D eigenvalue weighted by atomic mass is 32.2. The predicted octanol–water partition coefficient (Wildman–Crippen LogP) is 1.76. The van der Waals surface area contributed by atoms with Crippen molar-refractivity contribution in [2.24, 2.45) is 0 Å². The van der Waals surface area contributed by atoms with E-state index in [1.54, 1.807) is 13.0 Å². The molecule has 0 amide bonds. The summed E-state index contributed by atoms with van der Waals surface area (Å²) in [6.45, 7) is 3.55. The highest BCUT2D eigenvalue weighted by Crippen LogP contribution is 2.21. The quantitative estimate of drug-likeness (QED) is 0.928. The third kappa shape index (κ3) is 3.01. The van der Waals surface area contributed by atoms with Gasteiger partial charge in [-0.05, 0) is 26.0 Å². The van der Waals surface area contributed by atoms with E-state index in [-0.39, 0.29) is 10.6 Å². The molecule has 0 radical (unpaired) electrons. The van der Waals surface area contributed by atoms with Crippen LogP contribution >= 0.6 is 11.3 Å². The Labute approximate surface area is 121 Å². The predicted molar refractivity (Wildman–Crippen MR) is 74.5 cm³/mol. The van der Waals surface area contributed by atoms with E-state index in [0.29, 0.717) is 5.01 Å². The molecule has 0 aliphatic rings. The fourth-order valence-corrected chi connectivity index (χ4v) is 3.80. The van der Waals surface area contributed by atoms with Gasteiger partial charge in [0, 0.05) is 17.3 Å². The first kappa shape index (κ1) is 14.6. The van der Waals surface area contributed by atoms with Gasteiger partial charge in [-0.15, -0.1) is 11.3 Å². The molecule has 0 bridgehead atoms. The number of aromatic nitrogens is 2. The molecule has 2 aromatic rings. The van der Waals surface area contributed by atoms with Crippen molar-refractivity contribution in [3.63, 3.8) is 0 Å². The Morgan fingerprint density at radius 1 is 1.50 bits per heavy atom. The summed E-state index contributed by atoms with van der Waals surface area (Å²) in [5.74, 6) is 0. The smallest absolute Gasteiger partial charge is 0.244 e. The van der Waals surface area contributed by atoms with E-state index in [1.165, 1.54) is 29.7 Å². The molecule has 0 spiro atoms. The number of hydrogen-bond acceptors (Lipinski definition) is 6. The van der Waals surface area contributed by atoms with Crippen molar-refractivity contribution in [3.8, 4) is 6.07 Å². The van der Waals surface area contributed by atoms with Gasteiger partial charge in [-0.25, -0.2) is 23.1 Å². The van der Waals surface area contributed by atoms with Crippen molar-refractivity contribution in [2.75, 3.05) is 0 Å². The van der Waals surface area contributed by atoms with Crippen LogP contribution < -0.4 is 4.72 Å². The van der Waals surface area contributed by atoms with E-state index in [2.05, 4.69) is 14.7 Å². The standard InChI is InChI=1S/C12H12N4O2S2/c1-8-7-19-12(15-8)9(2)16-20(17,18)11-4-3-5-14-10(11)6-13/h3-5,7,9,16H,1-2H3. The first-order valence-corrected chi connectivity index (χ1v) is 8.10. The van der Waals surface area contributed by atoms with E-state index in [1.807, 2.05) is 12.3 Å². The normalized spacial score (nSPS) is 12.8. The summed E-state index contributed by atoms with van der Waals surface area (Å²) in [6.07, 6.45) is 1.38. The van der Waals surface area contributed by atoms with E-state index in [9.17, 15) is 8.42 Å². The average molecular weight is 308 g/mol. The first-order valence-electron chi connectivity index (χ1n) is 5.73. The van der Waals surface area contributed by atoms with Crippen molar-refractivity contribution >= 4 is 21.4 Å². The van der Waals surface area contributed by atoms with E-state index in [0.717, 1.165) is 5.69 Å². The molecule has 1 N–H and O–H groups in total. The van der Waals surface area contributed by atoms with Crippen molar-refractivity contribution in [1.82, 2.24) is 14.7 Å². The van der Waals surface area contributed by atoms with Crippen LogP contribution in [0.2, 0.25) is 0 Å². The minimum atomic E-state index is -3.81. The number of rotatable bonds is 4. The number of nitrogens with one attached hydrogen (secondary N) is 1. The lowest BCUT2D eigenvalue weighted by molar-refractivity contribution is 0.565. The molecule has 6 nitrogen and oxygen atoms in total. The van der Waals surface area contributed by atoms with Crippen LogP contribution in [-0.4, -0.2) is 18.4 Å². The molecule has 2 heterocycles. The van der Waals surface area contributed by atoms with E-state index >= 15 is 0 Å². The van der Waals surface area contributed by atoms with Gasteiger partial charge in [-0.3, -0.25) is 0 Å². The van der Waals surface area contributed by atoms with Crippen LogP contribution in [0.5, 0.6) is 0 Å². The van der Waals surface area contributed by atoms with Crippen molar-refractivity contribution in [1.29, 1.82) is 5.26 Å². The van der Waals surface area contributed by atoms with Gasteiger partial charge >= 0.3 is 0 Å². The van der Waals surface area contributed by atoms with Gasteiger partial charge in [-0.1, -0.05) is 0 Å². The fourth-order valence-electron chi connectivity index (χ4n) is 1.61. The summed E-state index contributed by atoms with van der Waals surface area (Å²) in [5.41, 5.74) is 0.720. The lowest BCUT2D eigenvalue weighted by Gasteiger charge is -2.12. The van der Waals surface area contributed by atoms with Crippen LogP contribution in [0, 0.1) is 18.3 Å². The van der Waals surface area contributed by atoms with Crippen LogP contribution in [0.4, 0.5) is 0 Å². The molecular weight excluding hydrogens is 296 g/mol. The van der Waals surface area contributed by atoms with Gasteiger partial charge in [0.2, 0.25) is 10.0 Å². The van der Waals surface area contributed by atoms with Gasteiger partial charge in [0.25, 0.3) is 0 Å². The molecule has 104 valence electrons. The maximum Gasteiger partial charge on any atom is 0.244 e. The first-order chi connectivity index (χ1) is 9.44. The Balaban J connectivity index is 2.30. The van der Waals surface area contributed by atoms with Gasteiger partial charge in [-0.2, -0.15) is 5.26 Å². The molecule has 1 unspecified atom stereocenters. The minimum absolute atomic E-state index is 0.123. The topological polar surface area (TPSA) is 95.7 Å². The molecule has 0 fully saturated rings. The largest absolute Gasteiger partial charge is 0.245 e. The summed E-state index contributed by atoms with van der Waals surface area (Å²) in [7, 11) is -3.81. The fraction of sp³-hybridized carbons (Fsp3) is 0.250. The number of nitriles is 1. The Bertz CT molecular complexity index is 762. The zero-order chi connectivity index (χ0) is 14.8. The molecule has 0 aliphatic heterocycles. The number of hydrogen-bond donors (Lipinski definition) is 1. The maximum atomic E-state index is 12.3. The number of nitrogens with zero attached hydrogens (tertiary/aromatic N) is 3. The third-order valence-corrected chi connectivity index (χ3v) is 5.22. The van der Waals surface area contributed by atoms with Crippen LogP contribution in [0.3, 0.4) is 0 Å². The highest BCUT2D eigenvalue weighted by Gasteiger charge is 2.23. The molecule has 2 rings (SSSR count). The summed E-state index contributed by atoms with van der Waals surface area (Å²) in [6, 6.07) is 4.14. The van der Waals surface area contributed by atoms with Gasteiger partial charge in [0.15, 0.2) is 5.69 Å². The SMILES string of the molecule is Cc1csc(C(C)NS(=O)(=O)c2cccnc2C#N)n1. The van der Waals surface area contributed by atoms with Crippen LogP contribution in [0.1, 0.15) is 29.4 Å². The molecule has 1 atom stereocenters. The maximum absolute atomic E-state index is 12.3. The van der Waals surface area contributed by atoms with E-state index < -0.39 is 16.1 Å².